The van der Waals surface area contributed by atoms with Gasteiger partial charge in [-0.05, 0) is 49.9 Å². The van der Waals surface area contributed by atoms with Crippen LogP contribution < -0.4 is 4.90 Å². The number of benzene rings is 2. The average Bonchev–Trinajstić information content (AvgIpc) is 3.06. The van der Waals surface area contributed by atoms with E-state index in [9.17, 15) is 4.79 Å². The molecule has 3 heterocycles. The summed E-state index contributed by atoms with van der Waals surface area (Å²) in [5.74, 6) is 0.898. The minimum Gasteiger partial charge on any atom is -0.447 e. The van der Waals surface area contributed by atoms with Gasteiger partial charge in [0.25, 0.3) is 0 Å². The Bertz CT molecular complexity index is 1110. The van der Waals surface area contributed by atoms with Crippen molar-refractivity contribution in [3.05, 3.63) is 65.4 Å². The van der Waals surface area contributed by atoms with Crippen molar-refractivity contribution < 1.29 is 9.53 Å². The molecule has 2 fully saturated rings. The maximum absolute atomic E-state index is 12.6. The molecule has 3 aromatic rings. The van der Waals surface area contributed by atoms with Crippen LogP contribution in [0.25, 0.3) is 11.0 Å². The van der Waals surface area contributed by atoms with Crippen molar-refractivity contribution in [2.45, 2.75) is 38.8 Å². The van der Waals surface area contributed by atoms with Crippen molar-refractivity contribution in [1.29, 1.82) is 0 Å². The molecule has 154 valence electrons. The molecule has 0 radical (unpaired) electrons. The summed E-state index contributed by atoms with van der Waals surface area (Å²) in [4.78, 5) is 26.2. The molecular formula is C24H26N4O2. The molecule has 6 heteroatoms. The van der Waals surface area contributed by atoms with Gasteiger partial charge >= 0.3 is 6.09 Å². The Hall–Kier alpha value is -3.15. The van der Waals surface area contributed by atoms with Crippen LogP contribution in [0.1, 0.15) is 29.5 Å². The van der Waals surface area contributed by atoms with Gasteiger partial charge in [0.2, 0.25) is 0 Å². The second kappa shape index (κ2) is 7.27. The number of hydrogen-bond acceptors (Lipinski definition) is 5. The van der Waals surface area contributed by atoms with Crippen LogP contribution >= 0.6 is 0 Å². The molecule has 0 unspecified atom stereocenters. The number of rotatable bonds is 3. The average molecular weight is 402 g/mol. The summed E-state index contributed by atoms with van der Waals surface area (Å²) in [7, 11) is 0. The van der Waals surface area contributed by atoms with E-state index in [2.05, 4.69) is 41.9 Å². The number of aryl methyl sites for hydroxylation is 2. The van der Waals surface area contributed by atoms with Gasteiger partial charge in [0, 0.05) is 19.6 Å². The first-order valence-corrected chi connectivity index (χ1v) is 10.5. The van der Waals surface area contributed by atoms with Crippen molar-refractivity contribution in [1.82, 2.24) is 14.9 Å². The third-order valence-corrected chi connectivity index (χ3v) is 6.54. The van der Waals surface area contributed by atoms with Gasteiger partial charge < -0.3 is 9.64 Å². The largest absolute Gasteiger partial charge is 0.447 e. The third-order valence-electron chi connectivity index (χ3n) is 6.54. The number of hydrogen-bond donors (Lipinski definition) is 0. The highest BCUT2D eigenvalue weighted by Crippen LogP contribution is 2.37. The Morgan fingerprint density at radius 3 is 2.63 bits per heavy atom. The molecule has 30 heavy (non-hydrogen) atoms. The second-order valence-electron chi connectivity index (χ2n) is 8.50. The topological polar surface area (TPSA) is 58.6 Å². The molecule has 0 atom stereocenters. The van der Waals surface area contributed by atoms with Gasteiger partial charge in [-0.3, -0.25) is 9.88 Å². The number of amides is 1. The van der Waals surface area contributed by atoms with Gasteiger partial charge in [-0.2, -0.15) is 0 Å². The minimum absolute atomic E-state index is 0.199. The number of ether oxygens (including phenoxy) is 1. The van der Waals surface area contributed by atoms with E-state index in [1.54, 1.807) is 0 Å². The zero-order valence-electron chi connectivity index (χ0n) is 17.5. The van der Waals surface area contributed by atoms with E-state index < -0.39 is 0 Å². The van der Waals surface area contributed by atoms with Gasteiger partial charge in [-0.1, -0.05) is 35.9 Å². The van der Waals surface area contributed by atoms with Gasteiger partial charge in [-0.25, -0.2) is 9.78 Å². The lowest BCUT2D eigenvalue weighted by Gasteiger charge is -2.43. The Labute approximate surface area is 176 Å². The number of carbonyl (C=O) groups excluding carboxylic acids is 1. The molecule has 6 nitrogen and oxygen atoms in total. The molecule has 0 bridgehead atoms. The Balaban J connectivity index is 1.35. The zero-order chi connectivity index (χ0) is 20.7. The van der Waals surface area contributed by atoms with Crippen molar-refractivity contribution >= 4 is 22.9 Å². The van der Waals surface area contributed by atoms with Crippen LogP contribution in [0.2, 0.25) is 0 Å². The maximum Gasteiger partial charge on any atom is 0.410 e. The van der Waals surface area contributed by atoms with Crippen LogP contribution in [-0.2, 0) is 11.3 Å². The second-order valence-corrected chi connectivity index (χ2v) is 8.50. The predicted octanol–water partition coefficient (Wildman–Crippen LogP) is 4.24. The molecule has 0 N–H and O–H groups in total. The van der Waals surface area contributed by atoms with Crippen molar-refractivity contribution in [3.63, 3.8) is 0 Å². The normalized spacial score (nSPS) is 18.3. The van der Waals surface area contributed by atoms with Gasteiger partial charge in [0.05, 0.1) is 22.8 Å². The SMILES string of the molecule is Cc1ccc(C)c(CN2C(=O)OCC23CCN(c2cnc4ccccc4n2)CC3)c1. The van der Waals surface area contributed by atoms with Crippen molar-refractivity contribution in [2.75, 3.05) is 24.6 Å². The summed E-state index contributed by atoms with van der Waals surface area (Å²) in [6, 6.07) is 14.3. The maximum atomic E-state index is 12.6. The summed E-state index contributed by atoms with van der Waals surface area (Å²) in [6.45, 7) is 6.91. The lowest BCUT2D eigenvalue weighted by molar-refractivity contribution is 0.125. The monoisotopic (exact) mass is 402 g/mol. The minimum atomic E-state index is -0.242. The summed E-state index contributed by atoms with van der Waals surface area (Å²) in [6.07, 6.45) is 3.37. The van der Waals surface area contributed by atoms with Crippen LogP contribution in [0, 0.1) is 13.8 Å². The van der Waals surface area contributed by atoms with E-state index in [0.29, 0.717) is 13.2 Å². The number of para-hydroxylation sites is 2. The third kappa shape index (κ3) is 3.26. The molecule has 2 aliphatic heterocycles. The summed E-state index contributed by atoms with van der Waals surface area (Å²) in [5, 5.41) is 0. The van der Waals surface area contributed by atoms with Gasteiger partial charge in [-0.15, -0.1) is 0 Å². The first-order valence-electron chi connectivity index (χ1n) is 10.5. The smallest absolute Gasteiger partial charge is 0.410 e. The van der Waals surface area contributed by atoms with Crippen molar-refractivity contribution in [2.24, 2.45) is 0 Å². The highest BCUT2D eigenvalue weighted by Gasteiger charge is 2.49. The standard InChI is InChI=1S/C24H26N4O2/c1-17-7-8-18(2)19(13-17)15-28-23(29)30-16-24(28)9-11-27(12-10-24)22-14-25-20-5-3-4-6-21(20)26-22/h3-8,13-14H,9-12,15-16H2,1-2H3. The molecule has 2 aromatic carbocycles. The quantitative estimate of drug-likeness (QED) is 0.656. The molecule has 1 spiro atoms. The number of fused-ring (bicyclic) bond motifs is 1. The van der Waals surface area contributed by atoms with E-state index >= 15 is 0 Å². The van der Waals surface area contributed by atoms with Crippen LogP contribution in [0.4, 0.5) is 10.6 Å². The summed E-state index contributed by atoms with van der Waals surface area (Å²) < 4.78 is 5.54. The molecule has 0 aliphatic carbocycles. The van der Waals surface area contributed by atoms with E-state index in [1.165, 1.54) is 16.7 Å². The number of anilines is 1. The summed E-state index contributed by atoms with van der Waals surface area (Å²) in [5.41, 5.74) is 5.18. The molecule has 5 rings (SSSR count). The van der Waals surface area contributed by atoms with E-state index in [0.717, 1.165) is 42.8 Å². The molecular weight excluding hydrogens is 376 g/mol. The predicted molar refractivity (Wildman–Crippen MR) is 117 cm³/mol. The molecule has 1 aromatic heterocycles. The van der Waals surface area contributed by atoms with Gasteiger partial charge in [0.15, 0.2) is 0 Å². The molecule has 1 amide bonds. The first-order chi connectivity index (χ1) is 14.5. The zero-order valence-corrected chi connectivity index (χ0v) is 17.5. The van der Waals surface area contributed by atoms with E-state index in [1.807, 2.05) is 35.4 Å². The lowest BCUT2D eigenvalue weighted by Crippen LogP contribution is -2.54. The fourth-order valence-electron chi connectivity index (χ4n) is 4.58. The number of piperidine rings is 1. The molecule has 0 saturated carbocycles. The molecule has 2 saturated heterocycles. The number of carbonyl (C=O) groups is 1. The lowest BCUT2D eigenvalue weighted by atomic mass is 9.86. The van der Waals surface area contributed by atoms with E-state index in [-0.39, 0.29) is 11.6 Å². The summed E-state index contributed by atoms with van der Waals surface area (Å²) >= 11 is 0. The fourth-order valence-corrected chi connectivity index (χ4v) is 4.58. The Morgan fingerprint density at radius 1 is 1.07 bits per heavy atom. The first kappa shape index (κ1) is 18.9. The van der Waals surface area contributed by atoms with Crippen molar-refractivity contribution in [3.8, 4) is 0 Å². The Morgan fingerprint density at radius 2 is 1.83 bits per heavy atom. The number of cyclic esters (lactones) is 1. The van der Waals surface area contributed by atoms with Crippen LogP contribution in [0.15, 0.2) is 48.7 Å². The highest BCUT2D eigenvalue weighted by molar-refractivity contribution is 5.75. The van der Waals surface area contributed by atoms with E-state index in [4.69, 9.17) is 9.72 Å². The number of aromatic nitrogens is 2. The fraction of sp³-hybridized carbons (Fsp3) is 0.375. The van der Waals surface area contributed by atoms with Crippen LogP contribution in [0.5, 0.6) is 0 Å². The van der Waals surface area contributed by atoms with Gasteiger partial charge in [0.1, 0.15) is 12.4 Å². The Kier molecular flexibility index (Phi) is 4.57. The highest BCUT2D eigenvalue weighted by atomic mass is 16.6. The van der Waals surface area contributed by atoms with Crippen LogP contribution in [0.3, 0.4) is 0 Å². The van der Waals surface area contributed by atoms with Crippen LogP contribution in [-0.4, -0.2) is 46.2 Å². The number of nitrogens with zero attached hydrogens (tertiary/aromatic N) is 4. The molecule has 2 aliphatic rings.